The highest BCUT2D eigenvalue weighted by molar-refractivity contribution is 9.11. The lowest BCUT2D eigenvalue weighted by atomic mass is 10.3. The van der Waals surface area contributed by atoms with Gasteiger partial charge in [-0.2, -0.15) is 11.8 Å². The Morgan fingerprint density at radius 2 is 2.35 bits per heavy atom. The third-order valence-corrected chi connectivity index (χ3v) is 4.51. The second kappa shape index (κ2) is 7.03. The number of halogens is 1. The van der Waals surface area contributed by atoms with Gasteiger partial charge in [-0.3, -0.25) is 4.79 Å². The number of carbonyl (C=O) groups is 2. The number of hydrogen-bond donors (Lipinski definition) is 2. The Kier molecular flexibility index (Phi) is 6.01. The first kappa shape index (κ1) is 14.5. The highest BCUT2D eigenvalue weighted by atomic mass is 79.9. The molecule has 1 aromatic heterocycles. The molecule has 0 spiro atoms. The molecule has 2 N–H and O–H groups in total. The molecule has 0 fully saturated rings. The summed E-state index contributed by atoms with van der Waals surface area (Å²) in [7, 11) is 0. The summed E-state index contributed by atoms with van der Waals surface area (Å²) in [5.41, 5.74) is 1.15. The summed E-state index contributed by atoms with van der Waals surface area (Å²) in [4.78, 5) is 21.7. The minimum absolute atomic E-state index is 0.323. The SMILES string of the molecule is CC(=O)NC(CSCc1csc(Br)c1)C(=O)O. The second-order valence-electron chi connectivity index (χ2n) is 3.37. The van der Waals surface area contributed by atoms with Gasteiger partial charge in [0.15, 0.2) is 0 Å². The van der Waals surface area contributed by atoms with E-state index < -0.39 is 12.0 Å². The van der Waals surface area contributed by atoms with E-state index in [1.54, 1.807) is 11.3 Å². The van der Waals surface area contributed by atoms with Crippen LogP contribution in [0.5, 0.6) is 0 Å². The molecule has 0 saturated carbocycles. The highest BCUT2D eigenvalue weighted by Gasteiger charge is 2.17. The smallest absolute Gasteiger partial charge is 0.327 e. The number of thiophene rings is 1. The van der Waals surface area contributed by atoms with Crippen LogP contribution in [-0.4, -0.2) is 28.8 Å². The molecule has 0 saturated heterocycles. The molecular formula is C10H12BrNO3S2. The van der Waals surface area contributed by atoms with E-state index in [4.69, 9.17) is 5.11 Å². The number of hydrogen-bond acceptors (Lipinski definition) is 4. The number of thioether (sulfide) groups is 1. The fourth-order valence-electron chi connectivity index (χ4n) is 1.14. The van der Waals surface area contributed by atoms with Gasteiger partial charge < -0.3 is 10.4 Å². The van der Waals surface area contributed by atoms with E-state index in [-0.39, 0.29) is 5.91 Å². The Morgan fingerprint density at radius 3 is 2.82 bits per heavy atom. The van der Waals surface area contributed by atoms with Crippen molar-refractivity contribution in [2.24, 2.45) is 0 Å². The van der Waals surface area contributed by atoms with Crippen molar-refractivity contribution in [1.82, 2.24) is 5.32 Å². The minimum Gasteiger partial charge on any atom is -0.480 e. The predicted molar refractivity (Wildman–Crippen MR) is 73.4 cm³/mol. The van der Waals surface area contributed by atoms with Gasteiger partial charge in [-0.1, -0.05) is 0 Å². The van der Waals surface area contributed by atoms with Gasteiger partial charge in [0, 0.05) is 18.4 Å². The van der Waals surface area contributed by atoms with Crippen molar-refractivity contribution < 1.29 is 14.7 Å². The fourth-order valence-corrected chi connectivity index (χ4v) is 3.43. The zero-order chi connectivity index (χ0) is 12.8. The van der Waals surface area contributed by atoms with Gasteiger partial charge in [0.2, 0.25) is 5.91 Å². The van der Waals surface area contributed by atoms with E-state index >= 15 is 0 Å². The van der Waals surface area contributed by atoms with Crippen LogP contribution < -0.4 is 5.32 Å². The molecule has 1 aromatic rings. The van der Waals surface area contributed by atoms with Crippen LogP contribution in [-0.2, 0) is 15.3 Å². The second-order valence-corrected chi connectivity index (χ2v) is 6.69. The molecule has 17 heavy (non-hydrogen) atoms. The van der Waals surface area contributed by atoms with Gasteiger partial charge in [-0.15, -0.1) is 11.3 Å². The van der Waals surface area contributed by atoms with Crippen molar-refractivity contribution in [3.8, 4) is 0 Å². The van der Waals surface area contributed by atoms with Gasteiger partial charge >= 0.3 is 5.97 Å². The van der Waals surface area contributed by atoms with E-state index in [1.165, 1.54) is 18.7 Å². The van der Waals surface area contributed by atoms with Crippen LogP contribution >= 0.6 is 39.0 Å². The molecule has 1 heterocycles. The third kappa shape index (κ3) is 5.56. The van der Waals surface area contributed by atoms with Crippen molar-refractivity contribution in [3.63, 3.8) is 0 Å². The first-order chi connectivity index (χ1) is 7.99. The quantitative estimate of drug-likeness (QED) is 0.836. The maximum atomic E-state index is 10.8. The molecule has 0 aliphatic carbocycles. The van der Waals surface area contributed by atoms with Crippen molar-refractivity contribution in [3.05, 3.63) is 20.8 Å². The zero-order valence-electron chi connectivity index (χ0n) is 9.10. The van der Waals surface area contributed by atoms with Crippen LogP contribution in [0.3, 0.4) is 0 Å². The molecular weight excluding hydrogens is 326 g/mol. The van der Waals surface area contributed by atoms with Gasteiger partial charge in [0.1, 0.15) is 6.04 Å². The largest absolute Gasteiger partial charge is 0.480 e. The molecule has 0 aliphatic heterocycles. The molecule has 1 amide bonds. The fraction of sp³-hybridized carbons (Fsp3) is 0.400. The summed E-state index contributed by atoms with van der Waals surface area (Å²) in [6.07, 6.45) is 0. The lowest BCUT2D eigenvalue weighted by Crippen LogP contribution is -2.41. The minimum atomic E-state index is -1.00. The first-order valence-electron chi connectivity index (χ1n) is 4.79. The Labute approximate surface area is 116 Å². The maximum absolute atomic E-state index is 10.8. The van der Waals surface area contributed by atoms with Crippen LogP contribution in [0.25, 0.3) is 0 Å². The van der Waals surface area contributed by atoms with E-state index in [0.29, 0.717) is 5.75 Å². The van der Waals surface area contributed by atoms with E-state index in [9.17, 15) is 9.59 Å². The molecule has 7 heteroatoms. The van der Waals surface area contributed by atoms with Crippen molar-refractivity contribution >= 4 is 50.9 Å². The Hall–Kier alpha value is -0.530. The highest BCUT2D eigenvalue weighted by Crippen LogP contribution is 2.24. The summed E-state index contributed by atoms with van der Waals surface area (Å²) in [5, 5.41) is 13.3. The molecule has 0 radical (unpaired) electrons. The van der Waals surface area contributed by atoms with Gasteiger partial charge in [0.05, 0.1) is 3.79 Å². The average molecular weight is 338 g/mol. The number of carboxylic acid groups (broad SMARTS) is 1. The summed E-state index contributed by atoms with van der Waals surface area (Å²) in [6.45, 7) is 1.32. The Balaban J connectivity index is 2.37. The summed E-state index contributed by atoms with van der Waals surface area (Å²) < 4.78 is 1.06. The monoisotopic (exact) mass is 337 g/mol. The Morgan fingerprint density at radius 1 is 1.65 bits per heavy atom. The predicted octanol–water partition coefficient (Wildman–Crippen LogP) is 2.33. The molecule has 4 nitrogen and oxygen atoms in total. The molecule has 1 unspecified atom stereocenters. The molecule has 1 rings (SSSR count). The number of carboxylic acids is 1. The number of nitrogens with one attached hydrogen (secondary N) is 1. The van der Waals surface area contributed by atoms with Crippen molar-refractivity contribution in [2.75, 3.05) is 5.75 Å². The maximum Gasteiger partial charge on any atom is 0.327 e. The topological polar surface area (TPSA) is 66.4 Å². The van der Waals surface area contributed by atoms with Crippen LogP contribution in [0, 0.1) is 0 Å². The standard InChI is InChI=1S/C10H12BrNO3S2/c1-6(13)12-8(10(14)15)5-16-3-7-2-9(11)17-4-7/h2,4,8H,3,5H2,1H3,(H,12,13)(H,14,15). The van der Waals surface area contributed by atoms with Crippen LogP contribution in [0.15, 0.2) is 15.2 Å². The lowest BCUT2D eigenvalue weighted by Gasteiger charge is -2.12. The normalized spacial score (nSPS) is 12.1. The lowest BCUT2D eigenvalue weighted by molar-refractivity contribution is -0.140. The van der Waals surface area contributed by atoms with Crippen LogP contribution in [0.2, 0.25) is 0 Å². The molecule has 0 aliphatic rings. The van der Waals surface area contributed by atoms with E-state index in [2.05, 4.69) is 21.2 Å². The van der Waals surface area contributed by atoms with Crippen LogP contribution in [0.1, 0.15) is 12.5 Å². The van der Waals surface area contributed by atoms with Gasteiger partial charge in [-0.05, 0) is 32.9 Å². The summed E-state index contributed by atoms with van der Waals surface area (Å²) >= 11 is 6.45. The van der Waals surface area contributed by atoms with E-state index in [0.717, 1.165) is 15.1 Å². The molecule has 94 valence electrons. The first-order valence-corrected chi connectivity index (χ1v) is 7.62. The van der Waals surface area contributed by atoms with Crippen molar-refractivity contribution in [2.45, 2.75) is 18.7 Å². The number of carbonyl (C=O) groups excluding carboxylic acids is 1. The average Bonchev–Trinajstić information content (AvgIpc) is 2.62. The molecule has 0 bridgehead atoms. The molecule has 0 aromatic carbocycles. The summed E-state index contributed by atoms with van der Waals surface area (Å²) in [6, 6.07) is 1.19. The van der Waals surface area contributed by atoms with E-state index in [1.807, 2.05) is 11.4 Å². The Bertz CT molecular complexity index is 408. The molecule has 1 atom stereocenters. The van der Waals surface area contributed by atoms with Crippen molar-refractivity contribution in [1.29, 1.82) is 0 Å². The number of amides is 1. The third-order valence-electron chi connectivity index (χ3n) is 1.85. The number of rotatable bonds is 6. The zero-order valence-corrected chi connectivity index (χ0v) is 12.3. The van der Waals surface area contributed by atoms with Gasteiger partial charge in [0.25, 0.3) is 0 Å². The summed E-state index contributed by atoms with van der Waals surface area (Å²) in [5.74, 6) is -0.219. The van der Waals surface area contributed by atoms with Crippen LogP contribution in [0.4, 0.5) is 0 Å². The van der Waals surface area contributed by atoms with Gasteiger partial charge in [-0.25, -0.2) is 4.79 Å². The number of aliphatic carboxylic acids is 1.